The molecule has 26 heavy (non-hydrogen) atoms. The van der Waals surface area contributed by atoms with Crippen LogP contribution in [0.5, 0.6) is 0 Å². The lowest BCUT2D eigenvalue weighted by Gasteiger charge is -2.18. The summed E-state index contributed by atoms with van der Waals surface area (Å²) in [6.07, 6.45) is 1.35. The molecule has 0 aliphatic heterocycles. The highest BCUT2D eigenvalue weighted by molar-refractivity contribution is 9.10. The normalized spacial score (nSPS) is 13.0. The fraction of sp³-hybridized carbons (Fsp3) is 0.333. The molecular weight excluding hydrogens is 436 g/mol. The van der Waals surface area contributed by atoms with Crippen molar-refractivity contribution in [2.24, 2.45) is 0 Å². The topological polar surface area (TPSA) is 67.3 Å². The number of pyridine rings is 1. The number of halogens is 1. The Morgan fingerprint density at radius 2 is 1.77 bits per heavy atom. The molecule has 0 radical (unpaired) electrons. The second-order valence-electron chi connectivity index (χ2n) is 5.55. The number of nitrogens with zero attached hydrogens (tertiary/aromatic N) is 2. The summed E-state index contributed by atoms with van der Waals surface area (Å²) in [7, 11) is -3.52. The first-order valence-electron chi connectivity index (χ1n) is 8.22. The molecule has 0 saturated heterocycles. The summed E-state index contributed by atoms with van der Waals surface area (Å²) in [6, 6.07) is 10.4. The van der Waals surface area contributed by atoms with E-state index in [9.17, 15) is 13.2 Å². The highest BCUT2D eigenvalue weighted by atomic mass is 79.9. The molecule has 0 N–H and O–H groups in total. The van der Waals surface area contributed by atoms with Gasteiger partial charge < -0.3 is 0 Å². The predicted molar refractivity (Wildman–Crippen MR) is 108 cm³/mol. The maximum atomic E-state index is 12.5. The molecule has 1 aromatic heterocycles. The van der Waals surface area contributed by atoms with Crippen molar-refractivity contribution in [2.75, 3.05) is 13.1 Å². The van der Waals surface area contributed by atoms with Gasteiger partial charge in [0.25, 0.3) is 0 Å². The van der Waals surface area contributed by atoms with Crippen LogP contribution in [0.4, 0.5) is 0 Å². The zero-order chi connectivity index (χ0) is 19.3. The highest BCUT2D eigenvalue weighted by Crippen LogP contribution is 2.26. The quantitative estimate of drug-likeness (QED) is 0.438. The Labute approximate surface area is 167 Å². The van der Waals surface area contributed by atoms with Gasteiger partial charge >= 0.3 is 0 Å². The van der Waals surface area contributed by atoms with Crippen molar-refractivity contribution in [2.45, 2.75) is 35.9 Å². The van der Waals surface area contributed by atoms with Crippen LogP contribution in [0.25, 0.3) is 0 Å². The maximum Gasteiger partial charge on any atom is 0.244 e. The second kappa shape index (κ2) is 9.12. The van der Waals surface area contributed by atoms with Crippen molar-refractivity contribution in [1.29, 1.82) is 0 Å². The van der Waals surface area contributed by atoms with E-state index in [0.717, 1.165) is 4.47 Å². The van der Waals surface area contributed by atoms with Gasteiger partial charge in [-0.15, -0.1) is 0 Å². The van der Waals surface area contributed by atoms with Crippen LogP contribution in [0.15, 0.2) is 57.0 Å². The summed E-state index contributed by atoms with van der Waals surface area (Å²) in [5.74, 6) is 0.00383. The number of carbonyl (C=O) groups is 1. The van der Waals surface area contributed by atoms with Crippen molar-refractivity contribution in [1.82, 2.24) is 9.29 Å². The molecule has 0 spiro atoms. The number of ketones is 1. The molecule has 2 rings (SSSR count). The number of thioether (sulfide) groups is 1. The lowest BCUT2D eigenvalue weighted by atomic mass is 10.1. The van der Waals surface area contributed by atoms with E-state index in [-0.39, 0.29) is 15.9 Å². The Morgan fingerprint density at radius 1 is 1.15 bits per heavy atom. The van der Waals surface area contributed by atoms with E-state index < -0.39 is 10.0 Å². The smallest absolute Gasteiger partial charge is 0.244 e. The minimum atomic E-state index is -3.52. The van der Waals surface area contributed by atoms with Crippen LogP contribution in [0.3, 0.4) is 0 Å². The van der Waals surface area contributed by atoms with E-state index in [1.54, 1.807) is 38.1 Å². The predicted octanol–water partition coefficient (Wildman–Crippen LogP) is 4.24. The van der Waals surface area contributed by atoms with Gasteiger partial charge in [-0.2, -0.15) is 4.31 Å². The van der Waals surface area contributed by atoms with Gasteiger partial charge in [-0.05, 0) is 31.2 Å². The zero-order valence-corrected chi connectivity index (χ0v) is 18.1. The number of carbonyl (C=O) groups excluding carboxylic acids is 1. The molecule has 5 nitrogen and oxygen atoms in total. The van der Waals surface area contributed by atoms with E-state index in [1.807, 2.05) is 19.1 Å². The van der Waals surface area contributed by atoms with Gasteiger partial charge in [0.1, 0.15) is 4.90 Å². The number of rotatable bonds is 8. The Kier molecular flexibility index (Phi) is 7.40. The second-order valence-corrected chi connectivity index (χ2v) is 9.77. The van der Waals surface area contributed by atoms with Gasteiger partial charge in [0.15, 0.2) is 5.78 Å². The molecule has 2 aromatic rings. The minimum absolute atomic E-state index is 0.00383. The third-order valence-corrected chi connectivity index (χ3v) is 7.46. The van der Waals surface area contributed by atoms with Gasteiger partial charge in [0.2, 0.25) is 10.0 Å². The molecule has 8 heteroatoms. The summed E-state index contributed by atoms with van der Waals surface area (Å²) < 4.78 is 27.2. The molecule has 0 fully saturated rings. The van der Waals surface area contributed by atoms with E-state index in [4.69, 9.17) is 0 Å². The molecule has 1 unspecified atom stereocenters. The van der Waals surface area contributed by atoms with Gasteiger partial charge in [-0.25, -0.2) is 13.4 Å². The van der Waals surface area contributed by atoms with Crippen molar-refractivity contribution >= 4 is 43.5 Å². The summed E-state index contributed by atoms with van der Waals surface area (Å²) in [5, 5.41) is 0.287. The maximum absolute atomic E-state index is 12.5. The summed E-state index contributed by atoms with van der Waals surface area (Å²) >= 11 is 4.66. The molecule has 0 bridgehead atoms. The average Bonchev–Trinajstić information content (AvgIpc) is 2.63. The van der Waals surface area contributed by atoms with Crippen molar-refractivity contribution < 1.29 is 13.2 Å². The third kappa shape index (κ3) is 4.94. The van der Waals surface area contributed by atoms with Crippen LogP contribution in [0.1, 0.15) is 31.1 Å². The Morgan fingerprint density at radius 3 is 2.27 bits per heavy atom. The average molecular weight is 457 g/mol. The van der Waals surface area contributed by atoms with Crippen LogP contribution < -0.4 is 0 Å². The molecule has 140 valence electrons. The molecule has 0 aliphatic rings. The van der Waals surface area contributed by atoms with Gasteiger partial charge in [0, 0.05) is 29.3 Å². The number of hydrogen-bond acceptors (Lipinski definition) is 5. The van der Waals surface area contributed by atoms with E-state index in [2.05, 4.69) is 20.9 Å². The number of hydrogen-bond donors (Lipinski definition) is 0. The third-order valence-electron chi connectivity index (χ3n) is 3.85. The van der Waals surface area contributed by atoms with Crippen LogP contribution in [0, 0.1) is 0 Å². The fourth-order valence-electron chi connectivity index (χ4n) is 2.39. The number of benzene rings is 1. The molecule has 1 atom stereocenters. The monoisotopic (exact) mass is 456 g/mol. The van der Waals surface area contributed by atoms with E-state index in [1.165, 1.54) is 22.3 Å². The number of sulfonamides is 1. The summed E-state index contributed by atoms with van der Waals surface area (Å²) in [5.41, 5.74) is 0.633. The zero-order valence-electron chi connectivity index (χ0n) is 14.8. The van der Waals surface area contributed by atoms with Gasteiger partial charge in [0.05, 0.1) is 10.3 Å². The molecular formula is C18H21BrN2O3S2. The van der Waals surface area contributed by atoms with Gasteiger partial charge in [-0.1, -0.05) is 53.7 Å². The molecule has 0 aliphatic carbocycles. The Bertz CT molecular complexity index is 849. The Balaban J connectivity index is 2.11. The SMILES string of the molecule is CCN(CC)S(=O)(=O)c1ccc(SC(C)C(=O)c2ccc(Br)cc2)nc1. The molecule has 0 amide bonds. The largest absolute Gasteiger partial charge is 0.293 e. The van der Waals surface area contributed by atoms with Crippen LogP contribution in [0.2, 0.25) is 0 Å². The fourth-order valence-corrected chi connectivity index (χ4v) is 4.92. The van der Waals surface area contributed by atoms with E-state index in [0.29, 0.717) is 23.7 Å². The van der Waals surface area contributed by atoms with Crippen LogP contribution in [-0.2, 0) is 10.0 Å². The van der Waals surface area contributed by atoms with Crippen molar-refractivity contribution in [3.8, 4) is 0 Å². The molecule has 1 aromatic carbocycles. The Hall–Kier alpha value is -1.22. The van der Waals surface area contributed by atoms with Crippen LogP contribution >= 0.6 is 27.7 Å². The first kappa shape index (κ1) is 21.1. The van der Waals surface area contributed by atoms with E-state index >= 15 is 0 Å². The lowest BCUT2D eigenvalue weighted by Crippen LogP contribution is -2.30. The molecule has 1 heterocycles. The highest BCUT2D eigenvalue weighted by Gasteiger charge is 2.22. The first-order chi connectivity index (χ1) is 12.3. The van der Waals surface area contributed by atoms with Crippen molar-refractivity contribution in [3.63, 3.8) is 0 Å². The minimum Gasteiger partial charge on any atom is -0.293 e. The summed E-state index contributed by atoms with van der Waals surface area (Å²) in [6.45, 7) is 6.24. The number of Topliss-reactive ketones (excluding diaryl/α,β-unsaturated/α-hetero) is 1. The van der Waals surface area contributed by atoms with Crippen molar-refractivity contribution in [3.05, 3.63) is 52.6 Å². The van der Waals surface area contributed by atoms with Gasteiger partial charge in [-0.3, -0.25) is 4.79 Å². The standard InChI is InChI=1S/C18H21BrN2O3S2/c1-4-21(5-2)26(23,24)16-10-11-17(20-12-16)25-13(3)18(22)14-6-8-15(19)9-7-14/h6-13H,4-5H2,1-3H3. The van der Waals surface area contributed by atoms with Crippen LogP contribution in [-0.4, -0.2) is 41.8 Å². The first-order valence-corrected chi connectivity index (χ1v) is 11.3. The lowest BCUT2D eigenvalue weighted by molar-refractivity contribution is 0.0994. The molecule has 0 saturated carbocycles. The summed E-state index contributed by atoms with van der Waals surface area (Å²) in [4.78, 5) is 16.9. The number of aromatic nitrogens is 1.